The Bertz CT molecular complexity index is 252. The summed E-state index contributed by atoms with van der Waals surface area (Å²) < 4.78 is 5.54. The summed E-state index contributed by atoms with van der Waals surface area (Å²) in [4.78, 5) is 22.1. The Labute approximate surface area is 101 Å². The zero-order valence-electron chi connectivity index (χ0n) is 10.0. The third-order valence-electron chi connectivity index (χ3n) is 2.69. The van der Waals surface area contributed by atoms with Crippen molar-refractivity contribution >= 4 is 11.8 Å². The summed E-state index contributed by atoms with van der Waals surface area (Å²) in [7, 11) is 0. The van der Waals surface area contributed by atoms with Crippen LogP contribution < -0.4 is 16.4 Å². The molecule has 1 rings (SSSR count). The lowest BCUT2D eigenvalue weighted by Gasteiger charge is -2.22. The second kappa shape index (κ2) is 8.03. The zero-order valence-corrected chi connectivity index (χ0v) is 10.0. The van der Waals surface area contributed by atoms with Crippen molar-refractivity contribution in [2.45, 2.75) is 31.8 Å². The highest BCUT2D eigenvalue weighted by Gasteiger charge is 2.13. The maximum absolute atomic E-state index is 11.3. The van der Waals surface area contributed by atoms with Crippen LogP contribution in [-0.4, -0.2) is 44.2 Å². The second-order valence-electron chi connectivity index (χ2n) is 4.11. The Balaban J connectivity index is 2.01. The van der Waals surface area contributed by atoms with Gasteiger partial charge in [-0.1, -0.05) is 0 Å². The van der Waals surface area contributed by atoms with Crippen molar-refractivity contribution in [2.75, 3.05) is 26.2 Å². The quantitative estimate of drug-likeness (QED) is 0.565. The molecule has 0 spiro atoms. The zero-order chi connectivity index (χ0) is 12.5. The molecule has 1 aliphatic rings. The second-order valence-corrected chi connectivity index (χ2v) is 4.11. The van der Waals surface area contributed by atoms with Crippen LogP contribution in [0.5, 0.6) is 0 Å². The van der Waals surface area contributed by atoms with Crippen molar-refractivity contribution in [3.8, 4) is 0 Å². The van der Waals surface area contributed by atoms with Crippen molar-refractivity contribution in [2.24, 2.45) is 5.73 Å². The van der Waals surface area contributed by atoms with Gasteiger partial charge >= 0.3 is 0 Å². The molecule has 0 aromatic carbocycles. The summed E-state index contributed by atoms with van der Waals surface area (Å²) in [6.07, 6.45) is 4.50. The molecule has 0 saturated carbocycles. The van der Waals surface area contributed by atoms with Crippen LogP contribution in [-0.2, 0) is 14.3 Å². The number of hydrogen-bond donors (Lipinski definition) is 3. The number of nitrogens with two attached hydrogens (primary N) is 1. The maximum Gasteiger partial charge on any atom is 0.239 e. The molecule has 1 unspecified atom stereocenters. The Morgan fingerprint density at radius 3 is 2.71 bits per heavy atom. The minimum Gasteiger partial charge on any atom is -0.378 e. The van der Waals surface area contributed by atoms with Gasteiger partial charge in [0.2, 0.25) is 11.8 Å². The molecule has 1 saturated heterocycles. The van der Waals surface area contributed by atoms with Crippen LogP contribution in [0.3, 0.4) is 0 Å². The van der Waals surface area contributed by atoms with E-state index in [1.165, 1.54) is 6.42 Å². The van der Waals surface area contributed by atoms with E-state index in [0.717, 1.165) is 25.9 Å². The Morgan fingerprint density at radius 2 is 2.06 bits per heavy atom. The van der Waals surface area contributed by atoms with Crippen LogP contribution in [0.2, 0.25) is 0 Å². The lowest BCUT2D eigenvalue weighted by molar-refractivity contribution is -0.125. The van der Waals surface area contributed by atoms with Crippen LogP contribution in [0.1, 0.15) is 25.7 Å². The lowest BCUT2D eigenvalue weighted by atomic mass is 10.1. The Hall–Kier alpha value is -1.14. The molecule has 2 amide bonds. The predicted molar refractivity (Wildman–Crippen MR) is 63.3 cm³/mol. The molecular weight excluding hydrogens is 222 g/mol. The van der Waals surface area contributed by atoms with Gasteiger partial charge in [0.15, 0.2) is 0 Å². The van der Waals surface area contributed by atoms with Crippen molar-refractivity contribution in [1.29, 1.82) is 0 Å². The van der Waals surface area contributed by atoms with Crippen LogP contribution in [0.25, 0.3) is 0 Å². The summed E-state index contributed by atoms with van der Waals surface area (Å²) in [6, 6.07) is 0. The van der Waals surface area contributed by atoms with Crippen LogP contribution in [0.15, 0.2) is 0 Å². The molecule has 6 nitrogen and oxygen atoms in total. The molecule has 0 bridgehead atoms. The van der Waals surface area contributed by atoms with Gasteiger partial charge in [0.05, 0.1) is 19.2 Å². The number of carbonyl (C=O) groups excluding carboxylic acids is 2. The lowest BCUT2D eigenvalue weighted by Crippen LogP contribution is -2.40. The van der Waals surface area contributed by atoms with Crippen LogP contribution >= 0.6 is 0 Å². The van der Waals surface area contributed by atoms with E-state index >= 15 is 0 Å². The third-order valence-corrected chi connectivity index (χ3v) is 2.69. The summed E-state index contributed by atoms with van der Waals surface area (Å²) in [6.45, 7) is 1.30. The molecule has 1 aliphatic heterocycles. The first-order valence-corrected chi connectivity index (χ1v) is 6.07. The van der Waals surface area contributed by atoms with Gasteiger partial charge in [0.1, 0.15) is 0 Å². The van der Waals surface area contributed by atoms with Gasteiger partial charge in [-0.05, 0) is 25.7 Å². The van der Waals surface area contributed by atoms with E-state index in [1.54, 1.807) is 0 Å². The molecule has 6 heteroatoms. The number of nitrogens with one attached hydrogen (secondary N) is 2. The molecular formula is C11H21N3O3. The van der Waals surface area contributed by atoms with E-state index in [-0.39, 0.29) is 31.0 Å². The standard InChI is InChI=1S/C11H21N3O3/c12-7-10(15)14-8-11(16)13-5-4-9-3-1-2-6-17-9/h9H,1-8,12H2,(H,13,16)(H,14,15). The van der Waals surface area contributed by atoms with E-state index < -0.39 is 0 Å². The van der Waals surface area contributed by atoms with E-state index in [0.29, 0.717) is 6.54 Å². The molecule has 0 aliphatic carbocycles. The van der Waals surface area contributed by atoms with Gasteiger partial charge in [-0.3, -0.25) is 9.59 Å². The molecule has 1 fully saturated rings. The number of rotatable bonds is 6. The third kappa shape index (κ3) is 6.23. The SMILES string of the molecule is NCC(=O)NCC(=O)NCCC1CCCCO1. The normalized spacial score (nSPS) is 19.7. The van der Waals surface area contributed by atoms with Gasteiger partial charge in [0, 0.05) is 13.2 Å². The number of amides is 2. The fourth-order valence-electron chi connectivity index (χ4n) is 1.72. The van der Waals surface area contributed by atoms with E-state index in [4.69, 9.17) is 10.5 Å². The summed E-state index contributed by atoms with van der Waals surface area (Å²) >= 11 is 0. The molecule has 0 aromatic rings. The van der Waals surface area contributed by atoms with Crippen LogP contribution in [0.4, 0.5) is 0 Å². The van der Waals surface area contributed by atoms with Crippen molar-refractivity contribution in [3.63, 3.8) is 0 Å². The van der Waals surface area contributed by atoms with E-state index in [2.05, 4.69) is 10.6 Å². The minimum absolute atomic E-state index is 0.0123. The summed E-state index contributed by atoms with van der Waals surface area (Å²) in [5.41, 5.74) is 5.10. The monoisotopic (exact) mass is 243 g/mol. The average molecular weight is 243 g/mol. The van der Waals surface area contributed by atoms with Gasteiger partial charge < -0.3 is 21.1 Å². The molecule has 98 valence electrons. The highest BCUT2D eigenvalue weighted by atomic mass is 16.5. The molecule has 4 N–H and O–H groups in total. The smallest absolute Gasteiger partial charge is 0.239 e. The van der Waals surface area contributed by atoms with Gasteiger partial charge in [-0.15, -0.1) is 0 Å². The predicted octanol–water partition coefficient (Wildman–Crippen LogP) is -0.863. The maximum atomic E-state index is 11.3. The van der Waals surface area contributed by atoms with Crippen LogP contribution in [0, 0.1) is 0 Å². The average Bonchev–Trinajstić information content (AvgIpc) is 2.37. The number of ether oxygens (including phenoxy) is 1. The van der Waals surface area contributed by atoms with E-state index in [9.17, 15) is 9.59 Å². The summed E-state index contributed by atoms with van der Waals surface area (Å²) in [5, 5.41) is 5.15. The van der Waals surface area contributed by atoms with Gasteiger partial charge in [-0.25, -0.2) is 0 Å². The molecule has 0 radical (unpaired) electrons. The summed E-state index contributed by atoms with van der Waals surface area (Å²) in [5.74, 6) is -0.515. The molecule has 17 heavy (non-hydrogen) atoms. The Morgan fingerprint density at radius 1 is 1.24 bits per heavy atom. The van der Waals surface area contributed by atoms with Gasteiger partial charge in [-0.2, -0.15) is 0 Å². The Kier molecular flexibility index (Phi) is 6.57. The molecule has 0 aromatic heterocycles. The molecule has 1 atom stereocenters. The first-order chi connectivity index (χ1) is 8.22. The topological polar surface area (TPSA) is 93.5 Å². The fourth-order valence-corrected chi connectivity index (χ4v) is 1.72. The number of hydrogen-bond acceptors (Lipinski definition) is 4. The first-order valence-electron chi connectivity index (χ1n) is 6.07. The minimum atomic E-state index is -0.323. The number of carbonyl (C=O) groups is 2. The van der Waals surface area contributed by atoms with Gasteiger partial charge in [0.25, 0.3) is 0 Å². The van der Waals surface area contributed by atoms with E-state index in [1.807, 2.05) is 0 Å². The largest absolute Gasteiger partial charge is 0.378 e. The highest BCUT2D eigenvalue weighted by Crippen LogP contribution is 2.14. The molecule has 1 heterocycles. The van der Waals surface area contributed by atoms with Crippen molar-refractivity contribution < 1.29 is 14.3 Å². The van der Waals surface area contributed by atoms with Crippen molar-refractivity contribution in [3.05, 3.63) is 0 Å². The highest BCUT2D eigenvalue weighted by molar-refractivity contribution is 5.85. The fraction of sp³-hybridized carbons (Fsp3) is 0.818. The van der Waals surface area contributed by atoms with Crippen molar-refractivity contribution in [1.82, 2.24) is 10.6 Å². The first kappa shape index (κ1) is 13.9.